The first kappa shape index (κ1) is 21.4. The first-order valence-corrected chi connectivity index (χ1v) is 9.81. The first-order chi connectivity index (χ1) is 13.4. The average molecular weight is 402 g/mol. The van der Waals surface area contributed by atoms with Crippen LogP contribution in [0.25, 0.3) is 0 Å². The van der Waals surface area contributed by atoms with Crippen LogP contribution >= 0.6 is 11.8 Å². The molecule has 0 saturated heterocycles. The fourth-order valence-electron chi connectivity index (χ4n) is 2.43. The van der Waals surface area contributed by atoms with Crippen molar-refractivity contribution in [1.29, 1.82) is 0 Å². The number of rotatable bonds is 7. The smallest absolute Gasteiger partial charge is 0.306 e. The van der Waals surface area contributed by atoms with Crippen LogP contribution in [0.1, 0.15) is 33.7 Å². The fraction of sp³-hybridized carbons (Fsp3) is 0.316. The van der Waals surface area contributed by atoms with Crippen LogP contribution in [0.5, 0.6) is 0 Å². The van der Waals surface area contributed by atoms with Gasteiger partial charge in [-0.3, -0.25) is 25.2 Å². The summed E-state index contributed by atoms with van der Waals surface area (Å²) in [5.74, 6) is -1.60. The zero-order valence-electron chi connectivity index (χ0n) is 15.9. The zero-order valence-corrected chi connectivity index (χ0v) is 16.8. The monoisotopic (exact) mass is 402 g/mol. The number of nitrogens with zero attached hydrogens (tertiary/aromatic N) is 2. The minimum absolute atomic E-state index is 0.104. The van der Waals surface area contributed by atoms with E-state index in [4.69, 9.17) is 4.74 Å². The lowest BCUT2D eigenvalue weighted by Crippen LogP contribution is -2.43. The summed E-state index contributed by atoms with van der Waals surface area (Å²) >= 11 is 1.46. The highest BCUT2D eigenvalue weighted by Crippen LogP contribution is 2.17. The molecule has 2 amide bonds. The molecule has 0 spiro atoms. The van der Waals surface area contributed by atoms with E-state index in [-0.39, 0.29) is 6.42 Å². The second kappa shape index (κ2) is 10.4. The third-order valence-electron chi connectivity index (χ3n) is 3.88. The van der Waals surface area contributed by atoms with Gasteiger partial charge in [0.25, 0.3) is 11.8 Å². The Morgan fingerprint density at radius 1 is 1.04 bits per heavy atom. The third-order valence-corrected chi connectivity index (χ3v) is 4.43. The van der Waals surface area contributed by atoms with Crippen LogP contribution in [0, 0.1) is 13.8 Å². The van der Waals surface area contributed by atoms with E-state index < -0.39 is 24.4 Å². The van der Waals surface area contributed by atoms with Gasteiger partial charge in [0.1, 0.15) is 0 Å². The normalized spacial score (nSPS) is 10.2. The van der Waals surface area contributed by atoms with E-state index >= 15 is 0 Å². The van der Waals surface area contributed by atoms with Crippen LogP contribution in [0.4, 0.5) is 0 Å². The van der Waals surface area contributed by atoms with E-state index in [0.29, 0.717) is 17.1 Å². The molecule has 28 heavy (non-hydrogen) atoms. The van der Waals surface area contributed by atoms with Crippen LogP contribution < -0.4 is 10.9 Å². The van der Waals surface area contributed by atoms with E-state index in [9.17, 15) is 14.4 Å². The van der Waals surface area contributed by atoms with Crippen molar-refractivity contribution in [2.75, 3.05) is 12.9 Å². The summed E-state index contributed by atoms with van der Waals surface area (Å²) in [5, 5.41) is 0.690. The Kier molecular flexibility index (Phi) is 7.94. The van der Waals surface area contributed by atoms with Crippen molar-refractivity contribution in [2.45, 2.75) is 31.8 Å². The molecular formula is C19H22N4O4S. The number of amides is 2. The standard InChI is InChI=1S/C19H22N4O4S/c1-12-15(13(2)21-19(20-12)28-3)9-10-17(25)27-11-16(24)22-23-18(26)14-7-5-4-6-8-14/h4-8H,9-11H2,1-3H3,(H,22,24)(H,23,26). The van der Waals surface area contributed by atoms with E-state index in [2.05, 4.69) is 20.8 Å². The van der Waals surface area contributed by atoms with Gasteiger partial charge in [0.05, 0.1) is 0 Å². The van der Waals surface area contributed by atoms with E-state index in [0.717, 1.165) is 17.0 Å². The van der Waals surface area contributed by atoms with Crippen LogP contribution in [0.3, 0.4) is 0 Å². The number of ether oxygens (including phenoxy) is 1. The van der Waals surface area contributed by atoms with E-state index in [1.807, 2.05) is 20.1 Å². The number of nitrogens with one attached hydrogen (secondary N) is 2. The maximum Gasteiger partial charge on any atom is 0.306 e. The Balaban J connectivity index is 1.74. The van der Waals surface area contributed by atoms with Gasteiger partial charge in [0.15, 0.2) is 11.8 Å². The summed E-state index contributed by atoms with van der Waals surface area (Å²) in [6.07, 6.45) is 2.43. The summed E-state index contributed by atoms with van der Waals surface area (Å²) < 4.78 is 4.94. The van der Waals surface area contributed by atoms with Gasteiger partial charge in [-0.15, -0.1) is 0 Å². The quantitative estimate of drug-likeness (QED) is 0.314. The molecule has 148 valence electrons. The Morgan fingerprint density at radius 3 is 2.29 bits per heavy atom. The highest BCUT2D eigenvalue weighted by atomic mass is 32.2. The molecule has 0 aliphatic carbocycles. The molecular weight excluding hydrogens is 380 g/mol. The van der Waals surface area contributed by atoms with Gasteiger partial charge in [-0.25, -0.2) is 9.97 Å². The summed E-state index contributed by atoms with van der Waals surface area (Å²) in [5.41, 5.74) is 7.41. The van der Waals surface area contributed by atoms with Gasteiger partial charge < -0.3 is 4.74 Å². The van der Waals surface area contributed by atoms with Crippen molar-refractivity contribution in [3.63, 3.8) is 0 Å². The van der Waals surface area contributed by atoms with Gasteiger partial charge in [0, 0.05) is 23.4 Å². The molecule has 2 rings (SSSR count). The Hall–Kier alpha value is -2.94. The zero-order chi connectivity index (χ0) is 20.5. The molecule has 0 bridgehead atoms. The van der Waals surface area contributed by atoms with Crippen molar-refractivity contribution < 1.29 is 19.1 Å². The van der Waals surface area contributed by atoms with Gasteiger partial charge in [-0.05, 0) is 44.2 Å². The Bertz CT molecular complexity index is 835. The van der Waals surface area contributed by atoms with Crippen LogP contribution in [0.2, 0.25) is 0 Å². The predicted molar refractivity (Wildman–Crippen MR) is 105 cm³/mol. The molecule has 0 unspecified atom stereocenters. The lowest BCUT2D eigenvalue weighted by Gasteiger charge is -2.10. The largest absolute Gasteiger partial charge is 0.455 e. The van der Waals surface area contributed by atoms with Gasteiger partial charge in [0.2, 0.25) is 0 Å². The molecule has 0 atom stereocenters. The summed E-state index contributed by atoms with van der Waals surface area (Å²) in [6.45, 7) is 3.27. The van der Waals surface area contributed by atoms with Gasteiger partial charge in [-0.2, -0.15) is 0 Å². The van der Waals surface area contributed by atoms with Crippen LogP contribution in [0.15, 0.2) is 35.5 Å². The molecule has 0 saturated carbocycles. The molecule has 0 aliphatic heterocycles. The SMILES string of the molecule is CSc1nc(C)c(CCC(=O)OCC(=O)NNC(=O)c2ccccc2)c(C)n1. The van der Waals surface area contributed by atoms with E-state index in [1.54, 1.807) is 30.3 Å². The molecule has 9 heteroatoms. The van der Waals surface area contributed by atoms with Crippen molar-refractivity contribution in [3.05, 3.63) is 52.8 Å². The topological polar surface area (TPSA) is 110 Å². The minimum atomic E-state index is -0.627. The Labute approximate surface area is 167 Å². The Morgan fingerprint density at radius 2 is 1.68 bits per heavy atom. The minimum Gasteiger partial charge on any atom is -0.455 e. The van der Waals surface area contributed by atoms with Crippen LogP contribution in [-0.4, -0.2) is 40.6 Å². The lowest BCUT2D eigenvalue weighted by molar-refractivity contribution is -0.148. The molecule has 0 aliphatic rings. The molecule has 8 nitrogen and oxygen atoms in total. The lowest BCUT2D eigenvalue weighted by atomic mass is 10.1. The number of hydrogen-bond donors (Lipinski definition) is 2. The molecule has 1 aromatic heterocycles. The van der Waals surface area contributed by atoms with Crippen molar-refractivity contribution in [3.8, 4) is 0 Å². The van der Waals surface area contributed by atoms with Gasteiger partial charge >= 0.3 is 5.97 Å². The summed E-state index contributed by atoms with van der Waals surface area (Å²) in [4.78, 5) is 44.1. The molecule has 1 heterocycles. The molecule has 0 radical (unpaired) electrons. The molecule has 2 N–H and O–H groups in total. The highest BCUT2D eigenvalue weighted by molar-refractivity contribution is 7.98. The molecule has 2 aromatic rings. The molecule has 0 fully saturated rings. The van der Waals surface area contributed by atoms with E-state index in [1.165, 1.54) is 11.8 Å². The molecule has 1 aromatic carbocycles. The second-order valence-electron chi connectivity index (χ2n) is 5.89. The number of hydrazine groups is 1. The van der Waals surface area contributed by atoms with Crippen molar-refractivity contribution >= 4 is 29.5 Å². The van der Waals surface area contributed by atoms with Gasteiger partial charge in [-0.1, -0.05) is 30.0 Å². The number of benzene rings is 1. The predicted octanol–water partition coefficient (Wildman–Crippen LogP) is 1.75. The number of carbonyl (C=O) groups excluding carboxylic acids is 3. The van der Waals surface area contributed by atoms with Crippen molar-refractivity contribution in [1.82, 2.24) is 20.8 Å². The number of hydrogen-bond acceptors (Lipinski definition) is 7. The highest BCUT2D eigenvalue weighted by Gasteiger charge is 2.13. The summed E-state index contributed by atoms with van der Waals surface area (Å²) in [6, 6.07) is 8.42. The maximum absolute atomic E-state index is 11.9. The summed E-state index contributed by atoms with van der Waals surface area (Å²) in [7, 11) is 0. The number of thioether (sulfide) groups is 1. The van der Waals surface area contributed by atoms with Crippen LogP contribution in [-0.2, 0) is 20.7 Å². The number of esters is 1. The number of carbonyl (C=O) groups is 3. The fourth-order valence-corrected chi connectivity index (χ4v) is 2.89. The van der Waals surface area contributed by atoms with Crippen molar-refractivity contribution in [2.24, 2.45) is 0 Å². The second-order valence-corrected chi connectivity index (χ2v) is 6.66. The third kappa shape index (κ3) is 6.34. The average Bonchev–Trinajstić information content (AvgIpc) is 2.70. The number of aryl methyl sites for hydroxylation is 2. The maximum atomic E-state index is 11.9. The first-order valence-electron chi connectivity index (χ1n) is 8.58. The number of aromatic nitrogens is 2.